The summed E-state index contributed by atoms with van der Waals surface area (Å²) < 4.78 is 33.4. The molecule has 2 aromatic rings. The van der Waals surface area contributed by atoms with Gasteiger partial charge in [-0.25, -0.2) is 8.78 Å². The van der Waals surface area contributed by atoms with E-state index in [-0.39, 0.29) is 25.0 Å². The predicted molar refractivity (Wildman–Crippen MR) is 97.7 cm³/mol. The molecule has 7 heteroatoms. The lowest BCUT2D eigenvalue weighted by Crippen LogP contribution is -2.29. The van der Waals surface area contributed by atoms with Crippen molar-refractivity contribution in [2.75, 3.05) is 16.8 Å². The van der Waals surface area contributed by atoms with E-state index in [9.17, 15) is 18.4 Å². The van der Waals surface area contributed by atoms with E-state index < -0.39 is 29.1 Å². The molecule has 1 aliphatic rings. The number of carbonyl (C=O) groups excluding carboxylic acids is 2. The molecule has 3 rings (SSSR count). The lowest BCUT2D eigenvalue weighted by molar-refractivity contribution is -0.122. The zero-order valence-corrected chi connectivity index (χ0v) is 15.0. The van der Waals surface area contributed by atoms with E-state index in [1.54, 1.807) is 24.3 Å². The smallest absolute Gasteiger partial charge is 0.229 e. The van der Waals surface area contributed by atoms with E-state index in [2.05, 4.69) is 5.32 Å². The number of halogens is 2. The minimum absolute atomic E-state index is 0.0414. The summed E-state index contributed by atoms with van der Waals surface area (Å²) in [6, 6.07) is 10.2. The van der Waals surface area contributed by atoms with Crippen molar-refractivity contribution in [3.63, 3.8) is 0 Å². The predicted octanol–water partition coefficient (Wildman–Crippen LogP) is 3.74. The lowest BCUT2D eigenvalue weighted by atomic mass is 10.1. The Balaban J connectivity index is 1.67. The Morgan fingerprint density at radius 1 is 1.15 bits per heavy atom. The number of hydrogen-bond donors (Lipinski definition) is 1. The van der Waals surface area contributed by atoms with Gasteiger partial charge < -0.3 is 15.0 Å². The third-order valence-electron chi connectivity index (χ3n) is 4.20. The van der Waals surface area contributed by atoms with E-state index in [4.69, 9.17) is 4.74 Å². The van der Waals surface area contributed by atoms with Gasteiger partial charge in [-0.15, -0.1) is 0 Å². The molecule has 1 atom stereocenters. The van der Waals surface area contributed by atoms with Crippen LogP contribution in [-0.4, -0.2) is 24.5 Å². The number of para-hydroxylation sites is 1. The number of nitrogens with zero attached hydrogens (tertiary/aromatic N) is 1. The summed E-state index contributed by atoms with van der Waals surface area (Å²) in [5.41, 5.74) is 0.145. The van der Waals surface area contributed by atoms with Gasteiger partial charge in [-0.05, 0) is 50.2 Å². The highest BCUT2D eigenvalue weighted by atomic mass is 19.1. The van der Waals surface area contributed by atoms with Gasteiger partial charge in [0.1, 0.15) is 23.1 Å². The quantitative estimate of drug-likeness (QED) is 0.867. The van der Waals surface area contributed by atoms with Crippen molar-refractivity contribution in [1.82, 2.24) is 0 Å². The van der Waals surface area contributed by atoms with Gasteiger partial charge in [0.2, 0.25) is 11.8 Å². The van der Waals surface area contributed by atoms with Gasteiger partial charge in [-0.3, -0.25) is 9.59 Å². The highest BCUT2D eigenvalue weighted by molar-refractivity contribution is 6.03. The molecule has 2 aromatic carbocycles. The van der Waals surface area contributed by atoms with E-state index in [1.807, 2.05) is 13.8 Å². The lowest BCUT2D eigenvalue weighted by Gasteiger charge is -2.18. The van der Waals surface area contributed by atoms with Crippen LogP contribution in [0.25, 0.3) is 0 Å². The first-order valence-electron chi connectivity index (χ1n) is 8.67. The zero-order valence-electron chi connectivity index (χ0n) is 15.0. The maximum absolute atomic E-state index is 13.9. The van der Waals surface area contributed by atoms with Crippen molar-refractivity contribution in [3.05, 3.63) is 54.1 Å². The van der Waals surface area contributed by atoms with Crippen molar-refractivity contribution in [1.29, 1.82) is 0 Å². The molecule has 1 fully saturated rings. The Morgan fingerprint density at radius 2 is 1.78 bits per heavy atom. The second kappa shape index (κ2) is 7.73. The molecular weight excluding hydrogens is 354 g/mol. The largest absolute Gasteiger partial charge is 0.491 e. The van der Waals surface area contributed by atoms with Gasteiger partial charge in [0.25, 0.3) is 0 Å². The molecule has 1 aliphatic heterocycles. The fourth-order valence-corrected chi connectivity index (χ4v) is 2.98. The number of anilines is 2. The Kier molecular flexibility index (Phi) is 5.39. The highest BCUT2D eigenvalue weighted by Gasteiger charge is 2.37. The van der Waals surface area contributed by atoms with Crippen LogP contribution in [0.3, 0.4) is 0 Å². The summed E-state index contributed by atoms with van der Waals surface area (Å²) in [6.45, 7) is 3.75. The second-order valence-corrected chi connectivity index (χ2v) is 6.66. The van der Waals surface area contributed by atoms with Gasteiger partial charge in [0.05, 0.1) is 12.0 Å². The van der Waals surface area contributed by atoms with Crippen molar-refractivity contribution in [2.45, 2.75) is 26.4 Å². The normalized spacial score (nSPS) is 16.7. The van der Waals surface area contributed by atoms with Crippen LogP contribution in [0, 0.1) is 17.6 Å². The van der Waals surface area contributed by atoms with Crippen molar-refractivity contribution in [3.8, 4) is 5.75 Å². The first kappa shape index (κ1) is 18.8. The summed E-state index contributed by atoms with van der Waals surface area (Å²) >= 11 is 0. The molecule has 0 radical (unpaired) electrons. The third kappa shape index (κ3) is 4.24. The second-order valence-electron chi connectivity index (χ2n) is 6.66. The number of amides is 2. The fraction of sp³-hybridized carbons (Fsp3) is 0.300. The number of rotatable bonds is 5. The number of nitrogens with one attached hydrogen (secondary N) is 1. The Morgan fingerprint density at radius 3 is 2.37 bits per heavy atom. The van der Waals surface area contributed by atoms with Crippen LogP contribution in [-0.2, 0) is 9.59 Å². The standard InChI is InChI=1S/C20H20F2N2O3/c1-12(2)27-15-8-6-14(7-9-15)23-20(26)13-10-18(25)24(11-13)19-16(21)4-3-5-17(19)22/h3-9,12-13H,10-11H2,1-2H3,(H,23,26). The number of benzene rings is 2. The Hall–Kier alpha value is -2.96. The molecule has 5 nitrogen and oxygen atoms in total. The number of carbonyl (C=O) groups is 2. The molecular formula is C20H20F2N2O3. The summed E-state index contributed by atoms with van der Waals surface area (Å²) in [6.07, 6.45) is -0.0616. The fourth-order valence-electron chi connectivity index (χ4n) is 2.98. The average molecular weight is 374 g/mol. The maximum atomic E-state index is 13.9. The monoisotopic (exact) mass is 374 g/mol. The molecule has 2 amide bonds. The SMILES string of the molecule is CC(C)Oc1ccc(NC(=O)C2CC(=O)N(c3c(F)cccc3F)C2)cc1. The summed E-state index contributed by atoms with van der Waals surface area (Å²) in [4.78, 5) is 25.6. The first-order valence-corrected chi connectivity index (χ1v) is 8.67. The van der Waals surface area contributed by atoms with Gasteiger partial charge in [-0.1, -0.05) is 6.07 Å². The topological polar surface area (TPSA) is 58.6 Å². The minimum atomic E-state index is -0.829. The zero-order chi connectivity index (χ0) is 19.6. The van der Waals surface area contributed by atoms with E-state index in [0.29, 0.717) is 11.4 Å². The molecule has 1 saturated heterocycles. The first-order chi connectivity index (χ1) is 12.8. The van der Waals surface area contributed by atoms with Crippen LogP contribution in [0.2, 0.25) is 0 Å². The molecule has 0 spiro atoms. The summed E-state index contributed by atoms with van der Waals surface area (Å²) in [5.74, 6) is -2.53. The van der Waals surface area contributed by atoms with Gasteiger partial charge in [0.15, 0.2) is 0 Å². The highest BCUT2D eigenvalue weighted by Crippen LogP contribution is 2.30. The van der Waals surface area contributed by atoms with E-state index in [1.165, 1.54) is 6.07 Å². The molecule has 1 heterocycles. The molecule has 142 valence electrons. The van der Waals surface area contributed by atoms with Crippen LogP contribution in [0.15, 0.2) is 42.5 Å². The Labute approximate surface area is 155 Å². The number of hydrogen-bond acceptors (Lipinski definition) is 3. The molecule has 0 saturated carbocycles. The van der Waals surface area contributed by atoms with Crippen LogP contribution >= 0.6 is 0 Å². The van der Waals surface area contributed by atoms with Gasteiger partial charge in [-0.2, -0.15) is 0 Å². The summed E-state index contributed by atoms with van der Waals surface area (Å²) in [5, 5.41) is 2.73. The Bertz CT molecular complexity index is 833. The van der Waals surface area contributed by atoms with Crippen LogP contribution in [0.1, 0.15) is 20.3 Å². The molecule has 0 aromatic heterocycles. The molecule has 1 N–H and O–H groups in total. The summed E-state index contributed by atoms with van der Waals surface area (Å²) in [7, 11) is 0. The maximum Gasteiger partial charge on any atom is 0.229 e. The van der Waals surface area contributed by atoms with Gasteiger partial charge in [0, 0.05) is 18.7 Å². The van der Waals surface area contributed by atoms with Crippen molar-refractivity contribution < 1.29 is 23.1 Å². The van der Waals surface area contributed by atoms with E-state index >= 15 is 0 Å². The van der Waals surface area contributed by atoms with Crippen LogP contribution < -0.4 is 15.0 Å². The number of ether oxygens (including phenoxy) is 1. The van der Waals surface area contributed by atoms with Crippen LogP contribution in [0.5, 0.6) is 5.75 Å². The third-order valence-corrected chi connectivity index (χ3v) is 4.20. The van der Waals surface area contributed by atoms with Crippen molar-refractivity contribution in [2.24, 2.45) is 5.92 Å². The molecule has 0 aliphatic carbocycles. The molecule has 27 heavy (non-hydrogen) atoms. The molecule has 0 bridgehead atoms. The minimum Gasteiger partial charge on any atom is -0.491 e. The molecule has 1 unspecified atom stereocenters. The van der Waals surface area contributed by atoms with Crippen molar-refractivity contribution >= 4 is 23.2 Å². The van der Waals surface area contributed by atoms with Crippen LogP contribution in [0.4, 0.5) is 20.2 Å². The average Bonchev–Trinajstić information content (AvgIpc) is 2.98. The van der Waals surface area contributed by atoms with Gasteiger partial charge >= 0.3 is 0 Å². The van der Waals surface area contributed by atoms with E-state index in [0.717, 1.165) is 17.0 Å².